The lowest BCUT2D eigenvalue weighted by Gasteiger charge is -2.24. The average Bonchev–Trinajstić information content (AvgIpc) is 2.92. The van der Waals surface area contributed by atoms with Gasteiger partial charge in [-0.15, -0.1) is 0 Å². The van der Waals surface area contributed by atoms with E-state index in [-0.39, 0.29) is 5.91 Å². The van der Waals surface area contributed by atoms with Gasteiger partial charge < -0.3 is 10.0 Å². The number of aromatic nitrogens is 1. The van der Waals surface area contributed by atoms with Crippen molar-refractivity contribution in [3.63, 3.8) is 0 Å². The normalized spacial score (nSPS) is 21.5. The topological polar surface area (TPSA) is 70.5 Å². The summed E-state index contributed by atoms with van der Waals surface area (Å²) in [5.41, 5.74) is 0.344. The Kier molecular flexibility index (Phi) is 4.94. The van der Waals surface area contributed by atoms with Crippen LogP contribution in [-0.4, -0.2) is 40.0 Å². The van der Waals surface area contributed by atoms with Crippen LogP contribution in [0.1, 0.15) is 38.2 Å². The van der Waals surface area contributed by atoms with Crippen LogP contribution in [0, 0.1) is 5.41 Å². The highest BCUT2D eigenvalue weighted by Gasteiger charge is 2.45. The molecule has 0 aromatic carbocycles. The minimum atomic E-state index is -0.770. The number of aliphatic carboxylic acids is 1. The monoisotopic (exact) mass is 290 g/mol. The van der Waals surface area contributed by atoms with Crippen LogP contribution < -0.4 is 0 Å². The molecule has 1 aromatic heterocycles. The van der Waals surface area contributed by atoms with Crippen molar-refractivity contribution in [3.05, 3.63) is 30.1 Å². The molecule has 0 saturated carbocycles. The van der Waals surface area contributed by atoms with E-state index < -0.39 is 11.4 Å². The number of likely N-dealkylation sites (tertiary alicyclic amines) is 1. The Morgan fingerprint density at radius 3 is 2.71 bits per heavy atom. The van der Waals surface area contributed by atoms with Crippen molar-refractivity contribution in [1.29, 1.82) is 0 Å². The summed E-state index contributed by atoms with van der Waals surface area (Å²) in [6, 6.07) is 3.80. The third-order valence-electron chi connectivity index (χ3n) is 4.27. The fourth-order valence-electron chi connectivity index (χ4n) is 3.01. The standard InChI is InChI=1S/C16H22N2O3/c1-2-7-16(15(20)21)8-11-18(12-16)14(19)4-3-13-5-9-17-10-6-13/h5-6,9-10H,2-4,7-8,11-12H2,1H3,(H,20,21). The highest BCUT2D eigenvalue weighted by molar-refractivity contribution is 5.80. The number of pyridine rings is 1. The molecular formula is C16H22N2O3. The quantitative estimate of drug-likeness (QED) is 0.871. The molecule has 5 nitrogen and oxygen atoms in total. The summed E-state index contributed by atoms with van der Waals surface area (Å²) in [7, 11) is 0. The molecule has 0 radical (unpaired) electrons. The van der Waals surface area contributed by atoms with Crippen molar-refractivity contribution in [1.82, 2.24) is 9.88 Å². The van der Waals surface area contributed by atoms with Crippen molar-refractivity contribution in [2.75, 3.05) is 13.1 Å². The smallest absolute Gasteiger partial charge is 0.311 e. The summed E-state index contributed by atoms with van der Waals surface area (Å²) in [6.07, 6.45) is 6.55. The molecule has 114 valence electrons. The van der Waals surface area contributed by atoms with Gasteiger partial charge in [0, 0.05) is 31.9 Å². The van der Waals surface area contributed by atoms with Gasteiger partial charge in [-0.2, -0.15) is 0 Å². The van der Waals surface area contributed by atoms with Crippen LogP contribution in [0.4, 0.5) is 0 Å². The first-order valence-corrected chi connectivity index (χ1v) is 7.47. The molecule has 0 bridgehead atoms. The summed E-state index contributed by atoms with van der Waals surface area (Å²) in [4.78, 5) is 29.4. The maximum absolute atomic E-state index is 12.3. The number of carbonyl (C=O) groups is 2. The van der Waals surface area contributed by atoms with E-state index in [1.165, 1.54) is 0 Å². The minimum absolute atomic E-state index is 0.0473. The van der Waals surface area contributed by atoms with Crippen LogP contribution in [0.15, 0.2) is 24.5 Å². The van der Waals surface area contributed by atoms with E-state index in [1.807, 2.05) is 19.1 Å². The van der Waals surface area contributed by atoms with Gasteiger partial charge in [0.25, 0.3) is 0 Å². The molecule has 2 heterocycles. The fraction of sp³-hybridized carbons (Fsp3) is 0.562. The van der Waals surface area contributed by atoms with Gasteiger partial charge in [0.2, 0.25) is 5.91 Å². The lowest BCUT2D eigenvalue weighted by molar-refractivity contribution is -0.149. The van der Waals surface area contributed by atoms with E-state index in [4.69, 9.17) is 0 Å². The lowest BCUT2D eigenvalue weighted by Crippen LogP contribution is -2.37. The highest BCUT2D eigenvalue weighted by atomic mass is 16.4. The van der Waals surface area contributed by atoms with Gasteiger partial charge in [0.1, 0.15) is 0 Å². The van der Waals surface area contributed by atoms with E-state index in [1.54, 1.807) is 17.3 Å². The van der Waals surface area contributed by atoms with Crippen LogP contribution >= 0.6 is 0 Å². The third kappa shape index (κ3) is 3.60. The molecule has 1 fully saturated rings. The number of aryl methyl sites for hydroxylation is 1. The second-order valence-corrected chi connectivity index (χ2v) is 5.76. The molecular weight excluding hydrogens is 268 g/mol. The van der Waals surface area contributed by atoms with Gasteiger partial charge in [-0.05, 0) is 37.0 Å². The molecule has 1 aliphatic heterocycles. The number of hydrogen-bond donors (Lipinski definition) is 1. The molecule has 2 rings (SSSR count). The predicted molar refractivity (Wildman–Crippen MR) is 78.7 cm³/mol. The molecule has 1 unspecified atom stereocenters. The molecule has 21 heavy (non-hydrogen) atoms. The van der Waals surface area contributed by atoms with Crippen molar-refractivity contribution in [2.45, 2.75) is 39.0 Å². The van der Waals surface area contributed by atoms with Crippen LogP contribution in [0.25, 0.3) is 0 Å². The van der Waals surface area contributed by atoms with Crippen LogP contribution in [-0.2, 0) is 16.0 Å². The Bertz CT molecular complexity index is 504. The van der Waals surface area contributed by atoms with E-state index in [2.05, 4.69) is 4.98 Å². The Morgan fingerprint density at radius 2 is 2.10 bits per heavy atom. The summed E-state index contributed by atoms with van der Waals surface area (Å²) < 4.78 is 0. The number of nitrogens with zero attached hydrogens (tertiary/aromatic N) is 2. The first kappa shape index (κ1) is 15.5. The summed E-state index contributed by atoms with van der Waals surface area (Å²) in [5.74, 6) is -0.722. The average molecular weight is 290 g/mol. The second-order valence-electron chi connectivity index (χ2n) is 5.76. The van der Waals surface area contributed by atoms with Crippen LogP contribution in [0.2, 0.25) is 0 Å². The first-order chi connectivity index (χ1) is 10.1. The third-order valence-corrected chi connectivity index (χ3v) is 4.27. The zero-order valence-corrected chi connectivity index (χ0v) is 12.4. The number of carboxylic acids is 1. The predicted octanol–water partition coefficient (Wildman–Crippen LogP) is 2.12. The molecule has 1 amide bonds. The molecule has 1 saturated heterocycles. The number of hydrogen-bond acceptors (Lipinski definition) is 3. The highest BCUT2D eigenvalue weighted by Crippen LogP contribution is 2.35. The molecule has 1 aliphatic rings. The molecule has 0 spiro atoms. The SMILES string of the molecule is CCCC1(C(=O)O)CCN(C(=O)CCc2ccncc2)C1. The van der Waals surface area contributed by atoms with Crippen LogP contribution in [0.3, 0.4) is 0 Å². The first-order valence-electron chi connectivity index (χ1n) is 7.47. The summed E-state index contributed by atoms with van der Waals surface area (Å²) in [6.45, 7) is 2.89. The number of amides is 1. The number of carboxylic acid groups (broad SMARTS) is 1. The van der Waals surface area contributed by atoms with E-state index >= 15 is 0 Å². The van der Waals surface area contributed by atoms with Gasteiger partial charge >= 0.3 is 5.97 Å². The Balaban J connectivity index is 1.91. The molecule has 1 aromatic rings. The van der Waals surface area contributed by atoms with Crippen molar-refractivity contribution >= 4 is 11.9 Å². The van der Waals surface area contributed by atoms with Crippen molar-refractivity contribution in [3.8, 4) is 0 Å². The van der Waals surface area contributed by atoms with Crippen molar-refractivity contribution in [2.24, 2.45) is 5.41 Å². The van der Waals surface area contributed by atoms with E-state index in [0.29, 0.717) is 38.8 Å². The summed E-state index contributed by atoms with van der Waals surface area (Å²) in [5, 5.41) is 9.46. The number of carbonyl (C=O) groups excluding carboxylic acids is 1. The Hall–Kier alpha value is -1.91. The second kappa shape index (κ2) is 6.70. The Morgan fingerprint density at radius 1 is 1.38 bits per heavy atom. The van der Waals surface area contributed by atoms with Crippen LogP contribution in [0.5, 0.6) is 0 Å². The van der Waals surface area contributed by atoms with E-state index in [0.717, 1.165) is 12.0 Å². The Labute approximate surface area is 125 Å². The van der Waals surface area contributed by atoms with Crippen molar-refractivity contribution < 1.29 is 14.7 Å². The molecule has 1 atom stereocenters. The fourth-order valence-corrected chi connectivity index (χ4v) is 3.01. The maximum atomic E-state index is 12.3. The molecule has 0 aliphatic carbocycles. The minimum Gasteiger partial charge on any atom is -0.481 e. The molecule has 5 heteroatoms. The maximum Gasteiger partial charge on any atom is 0.311 e. The van der Waals surface area contributed by atoms with Gasteiger partial charge in [-0.3, -0.25) is 14.6 Å². The zero-order chi connectivity index (χ0) is 15.3. The van der Waals surface area contributed by atoms with E-state index in [9.17, 15) is 14.7 Å². The zero-order valence-electron chi connectivity index (χ0n) is 12.4. The van der Waals surface area contributed by atoms with Gasteiger partial charge in [-0.25, -0.2) is 0 Å². The largest absolute Gasteiger partial charge is 0.481 e. The van der Waals surface area contributed by atoms with Gasteiger partial charge in [0.05, 0.1) is 5.41 Å². The molecule has 1 N–H and O–H groups in total. The van der Waals surface area contributed by atoms with Gasteiger partial charge in [-0.1, -0.05) is 13.3 Å². The summed E-state index contributed by atoms with van der Waals surface area (Å²) >= 11 is 0. The van der Waals surface area contributed by atoms with Gasteiger partial charge in [0.15, 0.2) is 0 Å². The number of rotatable bonds is 6. The lowest BCUT2D eigenvalue weighted by atomic mass is 9.83.